The van der Waals surface area contributed by atoms with Crippen LogP contribution in [-0.4, -0.2) is 58.6 Å². The molecule has 1 aliphatic carbocycles. The molecule has 0 bridgehead atoms. The summed E-state index contributed by atoms with van der Waals surface area (Å²) in [4.78, 5) is 20.0. The predicted molar refractivity (Wildman–Crippen MR) is 102 cm³/mol. The van der Waals surface area contributed by atoms with Crippen molar-refractivity contribution < 1.29 is 13.2 Å². The summed E-state index contributed by atoms with van der Waals surface area (Å²) in [6, 6.07) is 1.77. The first-order valence-corrected chi connectivity index (χ1v) is 11.6. The molecule has 3 fully saturated rings. The molecule has 27 heavy (non-hydrogen) atoms. The maximum absolute atomic E-state index is 13.2. The Labute approximate surface area is 158 Å². The van der Waals surface area contributed by atoms with E-state index in [1.165, 1.54) is 0 Å². The van der Waals surface area contributed by atoms with Crippen molar-refractivity contribution in [2.45, 2.75) is 51.0 Å². The van der Waals surface area contributed by atoms with Gasteiger partial charge in [-0.15, -0.1) is 0 Å². The molecule has 0 N–H and O–H groups in total. The van der Waals surface area contributed by atoms with E-state index >= 15 is 0 Å². The van der Waals surface area contributed by atoms with E-state index in [0.717, 1.165) is 55.5 Å². The minimum Gasteiger partial charge on any atom is -0.339 e. The van der Waals surface area contributed by atoms with Gasteiger partial charge < -0.3 is 4.90 Å². The van der Waals surface area contributed by atoms with Crippen molar-refractivity contribution in [2.75, 3.05) is 24.6 Å². The first kappa shape index (κ1) is 17.2. The highest BCUT2D eigenvalue weighted by atomic mass is 32.2. The van der Waals surface area contributed by atoms with Crippen LogP contribution < -0.4 is 0 Å². The molecule has 2 aromatic heterocycles. The van der Waals surface area contributed by atoms with E-state index in [-0.39, 0.29) is 23.5 Å². The first-order chi connectivity index (χ1) is 12.9. The van der Waals surface area contributed by atoms with E-state index in [1.54, 1.807) is 4.68 Å². The van der Waals surface area contributed by atoms with E-state index in [9.17, 15) is 13.2 Å². The van der Waals surface area contributed by atoms with Gasteiger partial charge in [0, 0.05) is 24.7 Å². The number of sulfone groups is 1. The number of nitrogens with zero attached hydrogens (tertiary/aromatic N) is 4. The van der Waals surface area contributed by atoms with Crippen LogP contribution in [0.4, 0.5) is 0 Å². The Hall–Kier alpha value is -1.96. The van der Waals surface area contributed by atoms with E-state index in [2.05, 4.69) is 5.10 Å². The lowest BCUT2D eigenvalue weighted by molar-refractivity contribution is 0.0794. The fourth-order valence-electron chi connectivity index (χ4n) is 4.40. The lowest BCUT2D eigenvalue weighted by atomic mass is 10.1. The van der Waals surface area contributed by atoms with Crippen molar-refractivity contribution in [1.29, 1.82) is 0 Å². The summed E-state index contributed by atoms with van der Waals surface area (Å²) in [5.41, 5.74) is 3.08. The Bertz CT molecular complexity index is 1030. The third-order valence-corrected chi connectivity index (χ3v) is 7.78. The molecule has 2 aliphatic heterocycles. The van der Waals surface area contributed by atoms with Crippen LogP contribution in [0.15, 0.2) is 6.07 Å². The minimum atomic E-state index is -3.02. The molecule has 5 rings (SSSR count). The third kappa shape index (κ3) is 2.94. The van der Waals surface area contributed by atoms with Crippen molar-refractivity contribution in [1.82, 2.24) is 19.7 Å². The molecule has 1 saturated carbocycles. The largest absolute Gasteiger partial charge is 0.339 e. The molecule has 0 aromatic carbocycles. The number of carbonyl (C=O) groups is 1. The topological polar surface area (TPSA) is 85.2 Å². The number of likely N-dealkylation sites (tertiary alicyclic amines) is 1. The van der Waals surface area contributed by atoms with Crippen molar-refractivity contribution >= 4 is 26.8 Å². The molecule has 2 saturated heterocycles. The zero-order valence-corrected chi connectivity index (χ0v) is 16.3. The Morgan fingerprint density at radius 3 is 2.56 bits per heavy atom. The SMILES string of the molecule is Cc1nn(C2CCS(=O)(=O)C2)c2nc(C3CC3)cc(C(=O)N3CCCC3)c12. The molecule has 8 heteroatoms. The molecule has 1 amide bonds. The van der Waals surface area contributed by atoms with Crippen molar-refractivity contribution in [3.63, 3.8) is 0 Å². The van der Waals surface area contributed by atoms with E-state index < -0.39 is 9.84 Å². The van der Waals surface area contributed by atoms with Crippen LogP contribution in [-0.2, 0) is 9.84 Å². The predicted octanol–water partition coefficient (Wildman–Crippen LogP) is 2.21. The van der Waals surface area contributed by atoms with Crippen LogP contribution in [0.1, 0.15) is 65.8 Å². The van der Waals surface area contributed by atoms with Crippen molar-refractivity contribution in [2.24, 2.45) is 0 Å². The van der Waals surface area contributed by atoms with Gasteiger partial charge in [-0.25, -0.2) is 18.1 Å². The lowest BCUT2D eigenvalue weighted by Crippen LogP contribution is -2.28. The van der Waals surface area contributed by atoms with Crippen LogP contribution in [0.2, 0.25) is 0 Å². The highest BCUT2D eigenvalue weighted by molar-refractivity contribution is 7.91. The number of hydrogen-bond donors (Lipinski definition) is 0. The van der Waals surface area contributed by atoms with Crippen LogP contribution in [0.5, 0.6) is 0 Å². The molecular weight excluding hydrogens is 364 g/mol. The number of aryl methyl sites for hydroxylation is 1. The van der Waals surface area contributed by atoms with Crippen LogP contribution in [0.3, 0.4) is 0 Å². The zero-order chi connectivity index (χ0) is 18.8. The second-order valence-electron chi connectivity index (χ2n) is 8.15. The smallest absolute Gasteiger partial charge is 0.254 e. The molecule has 7 nitrogen and oxygen atoms in total. The van der Waals surface area contributed by atoms with Gasteiger partial charge in [-0.05, 0) is 45.1 Å². The average Bonchev–Trinajstić information content (AvgIpc) is 3.06. The maximum Gasteiger partial charge on any atom is 0.254 e. The Kier molecular flexibility index (Phi) is 3.83. The summed E-state index contributed by atoms with van der Waals surface area (Å²) >= 11 is 0. The van der Waals surface area contributed by atoms with Gasteiger partial charge in [0.15, 0.2) is 15.5 Å². The number of aromatic nitrogens is 3. The molecule has 1 unspecified atom stereocenters. The van der Waals surface area contributed by atoms with Gasteiger partial charge in [-0.1, -0.05) is 0 Å². The van der Waals surface area contributed by atoms with Crippen LogP contribution in [0, 0.1) is 6.92 Å². The summed E-state index contributed by atoms with van der Waals surface area (Å²) in [6.07, 6.45) is 4.85. The van der Waals surface area contributed by atoms with Gasteiger partial charge in [-0.2, -0.15) is 5.10 Å². The Morgan fingerprint density at radius 2 is 1.93 bits per heavy atom. The summed E-state index contributed by atoms with van der Waals surface area (Å²) in [7, 11) is -3.02. The fraction of sp³-hybridized carbons (Fsp3) is 0.632. The molecule has 144 valence electrons. The number of carbonyl (C=O) groups excluding carboxylic acids is 1. The molecule has 1 atom stereocenters. The molecule has 2 aromatic rings. The number of pyridine rings is 1. The first-order valence-electron chi connectivity index (χ1n) is 9.82. The van der Waals surface area contributed by atoms with E-state index in [1.807, 2.05) is 17.9 Å². The van der Waals surface area contributed by atoms with Gasteiger partial charge in [0.05, 0.1) is 34.2 Å². The quantitative estimate of drug-likeness (QED) is 0.805. The van der Waals surface area contributed by atoms with Crippen LogP contribution >= 0.6 is 0 Å². The fourth-order valence-corrected chi connectivity index (χ4v) is 6.09. The second kappa shape index (κ2) is 6.02. The summed E-state index contributed by atoms with van der Waals surface area (Å²) in [5, 5.41) is 5.44. The molecule has 4 heterocycles. The number of fused-ring (bicyclic) bond motifs is 1. The number of rotatable bonds is 3. The van der Waals surface area contributed by atoms with Gasteiger partial charge in [0.2, 0.25) is 0 Å². The Balaban J connectivity index is 1.67. The minimum absolute atomic E-state index is 0.0588. The summed E-state index contributed by atoms with van der Waals surface area (Å²) in [6.45, 7) is 3.49. The monoisotopic (exact) mass is 388 g/mol. The van der Waals surface area contributed by atoms with Gasteiger partial charge in [-0.3, -0.25) is 4.79 Å². The molecule has 3 aliphatic rings. The molecule has 0 radical (unpaired) electrons. The van der Waals surface area contributed by atoms with E-state index in [0.29, 0.717) is 23.5 Å². The van der Waals surface area contributed by atoms with Gasteiger partial charge in [0.25, 0.3) is 5.91 Å². The van der Waals surface area contributed by atoms with E-state index in [4.69, 9.17) is 4.98 Å². The summed E-state index contributed by atoms with van der Waals surface area (Å²) < 4.78 is 25.7. The zero-order valence-electron chi connectivity index (χ0n) is 15.5. The molecular formula is C19H24N4O3S. The Morgan fingerprint density at radius 1 is 1.19 bits per heavy atom. The highest BCUT2D eigenvalue weighted by Gasteiger charge is 2.34. The second-order valence-corrected chi connectivity index (χ2v) is 10.4. The van der Waals surface area contributed by atoms with Crippen molar-refractivity contribution in [3.8, 4) is 0 Å². The van der Waals surface area contributed by atoms with Gasteiger partial charge in [0.1, 0.15) is 0 Å². The van der Waals surface area contributed by atoms with Crippen molar-refractivity contribution in [3.05, 3.63) is 23.0 Å². The maximum atomic E-state index is 13.2. The number of hydrogen-bond acceptors (Lipinski definition) is 5. The molecule has 0 spiro atoms. The normalized spacial score (nSPS) is 24.8. The standard InChI is InChI=1S/C19H24N4O3S/c1-12-17-15(19(24)22-7-2-3-8-22)10-16(13-4-5-13)20-18(17)23(21-12)14-6-9-27(25,26)11-14/h10,13-14H,2-9,11H2,1H3. The van der Waals surface area contributed by atoms with Crippen LogP contribution in [0.25, 0.3) is 11.0 Å². The average molecular weight is 388 g/mol. The highest BCUT2D eigenvalue weighted by Crippen LogP contribution is 2.41. The number of amides is 1. The summed E-state index contributed by atoms with van der Waals surface area (Å²) in [5.74, 6) is 0.771. The lowest BCUT2D eigenvalue weighted by Gasteiger charge is -2.17. The van der Waals surface area contributed by atoms with Gasteiger partial charge >= 0.3 is 0 Å². The third-order valence-electron chi connectivity index (χ3n) is 6.03.